The number of ether oxygens (including phenoxy) is 2. The molecule has 0 aliphatic carbocycles. The van der Waals surface area contributed by atoms with Crippen LogP contribution in [0.3, 0.4) is 0 Å². The van der Waals surface area contributed by atoms with E-state index in [-0.39, 0.29) is 6.79 Å². The number of hydrogen-bond acceptors (Lipinski definition) is 5. The molecule has 0 atom stereocenters. The molecule has 0 aromatic heterocycles. The van der Waals surface area contributed by atoms with Gasteiger partial charge in [0.25, 0.3) is 0 Å². The highest BCUT2D eigenvalue weighted by atomic mass is 32.1. The Morgan fingerprint density at radius 2 is 1.87 bits per heavy atom. The van der Waals surface area contributed by atoms with Crippen molar-refractivity contribution in [3.8, 4) is 0 Å². The van der Waals surface area contributed by atoms with E-state index in [1.54, 1.807) is 20.8 Å². The van der Waals surface area contributed by atoms with E-state index < -0.39 is 17.5 Å². The molecule has 0 spiro atoms. The van der Waals surface area contributed by atoms with Gasteiger partial charge < -0.3 is 14.8 Å². The third-order valence-corrected chi connectivity index (χ3v) is 1.60. The largest absolute Gasteiger partial charge is 0.427 e. The highest BCUT2D eigenvalue weighted by Crippen LogP contribution is 2.14. The monoisotopic (exact) mass is 235 g/mol. The Balaban J connectivity index is 3.62. The van der Waals surface area contributed by atoms with Gasteiger partial charge in [-0.15, -0.1) is 0 Å². The van der Waals surface area contributed by atoms with Crippen molar-refractivity contribution in [2.45, 2.75) is 20.8 Å². The Kier molecular flexibility index (Phi) is 6.15. The topological polar surface area (TPSA) is 64.6 Å². The lowest BCUT2D eigenvalue weighted by Gasteiger charge is -2.16. The standard InChI is InChI=1S/C9H17NO4S/c1-9(2,3)7(11)13-6-14-8(12)10-4-5-15/h15H,4-6H2,1-3H3,(H,10,12). The number of hydrogen-bond donors (Lipinski definition) is 2. The zero-order chi connectivity index (χ0) is 11.9. The molecule has 15 heavy (non-hydrogen) atoms. The van der Waals surface area contributed by atoms with Crippen molar-refractivity contribution in [1.29, 1.82) is 0 Å². The fourth-order valence-electron chi connectivity index (χ4n) is 0.562. The van der Waals surface area contributed by atoms with Gasteiger partial charge in [0.05, 0.1) is 5.41 Å². The second-order valence-electron chi connectivity index (χ2n) is 3.88. The van der Waals surface area contributed by atoms with Crippen LogP contribution >= 0.6 is 12.6 Å². The summed E-state index contributed by atoms with van der Waals surface area (Å²) < 4.78 is 9.30. The molecular weight excluding hydrogens is 218 g/mol. The zero-order valence-corrected chi connectivity index (χ0v) is 10.1. The van der Waals surface area contributed by atoms with E-state index in [0.717, 1.165) is 0 Å². The van der Waals surface area contributed by atoms with Crippen LogP contribution in [0.5, 0.6) is 0 Å². The Bertz CT molecular complexity index is 225. The molecule has 6 heteroatoms. The summed E-state index contributed by atoms with van der Waals surface area (Å²) >= 11 is 3.90. The summed E-state index contributed by atoms with van der Waals surface area (Å²) in [7, 11) is 0. The first kappa shape index (κ1) is 14.1. The molecule has 0 aliphatic rings. The zero-order valence-electron chi connectivity index (χ0n) is 9.20. The number of carbonyl (C=O) groups is 2. The predicted octanol–water partition coefficient (Wildman–Crippen LogP) is 1.19. The molecule has 0 aromatic rings. The second-order valence-corrected chi connectivity index (χ2v) is 4.33. The summed E-state index contributed by atoms with van der Waals surface area (Å²) in [5.74, 6) is 0.112. The highest BCUT2D eigenvalue weighted by molar-refractivity contribution is 7.80. The molecule has 0 unspecified atom stereocenters. The van der Waals surface area contributed by atoms with E-state index in [2.05, 4.69) is 22.7 Å². The van der Waals surface area contributed by atoms with Crippen molar-refractivity contribution in [3.63, 3.8) is 0 Å². The van der Waals surface area contributed by atoms with Crippen LogP contribution in [0.15, 0.2) is 0 Å². The number of thiol groups is 1. The SMILES string of the molecule is CC(C)(C)C(=O)OCOC(=O)NCCS. The van der Waals surface area contributed by atoms with Crippen LogP contribution in [0, 0.1) is 5.41 Å². The van der Waals surface area contributed by atoms with Crippen LogP contribution < -0.4 is 5.32 Å². The molecule has 88 valence electrons. The van der Waals surface area contributed by atoms with Crippen molar-refractivity contribution >= 4 is 24.7 Å². The van der Waals surface area contributed by atoms with Gasteiger partial charge in [0.2, 0.25) is 6.79 Å². The highest BCUT2D eigenvalue weighted by Gasteiger charge is 2.23. The number of alkyl carbamates (subject to hydrolysis) is 1. The molecule has 5 nitrogen and oxygen atoms in total. The summed E-state index contributed by atoms with van der Waals surface area (Å²) in [4.78, 5) is 22.1. The average molecular weight is 235 g/mol. The Morgan fingerprint density at radius 3 is 2.33 bits per heavy atom. The Hall–Kier alpha value is -0.910. The minimum absolute atomic E-state index is 0.367. The van der Waals surface area contributed by atoms with Crippen molar-refractivity contribution in [2.24, 2.45) is 5.41 Å². The molecule has 0 saturated heterocycles. The summed E-state index contributed by atoms with van der Waals surface area (Å²) in [6.45, 7) is 5.20. The molecule has 0 aromatic carbocycles. The van der Waals surface area contributed by atoms with Gasteiger partial charge in [-0.2, -0.15) is 12.6 Å². The van der Waals surface area contributed by atoms with E-state index in [0.29, 0.717) is 12.3 Å². The molecule has 0 heterocycles. The summed E-state index contributed by atoms with van der Waals surface area (Å²) in [5, 5.41) is 2.42. The van der Waals surface area contributed by atoms with Gasteiger partial charge in [0, 0.05) is 12.3 Å². The van der Waals surface area contributed by atoms with Gasteiger partial charge in [0.1, 0.15) is 0 Å². The molecule has 0 radical (unpaired) electrons. The lowest BCUT2D eigenvalue weighted by Crippen LogP contribution is -2.29. The van der Waals surface area contributed by atoms with Gasteiger partial charge in [0.15, 0.2) is 0 Å². The van der Waals surface area contributed by atoms with Crippen LogP contribution in [-0.4, -0.2) is 31.2 Å². The van der Waals surface area contributed by atoms with Gasteiger partial charge >= 0.3 is 12.1 Å². The lowest BCUT2D eigenvalue weighted by molar-refractivity contribution is -0.161. The number of rotatable bonds is 4. The molecule has 0 aliphatic heterocycles. The van der Waals surface area contributed by atoms with Gasteiger partial charge in [-0.1, -0.05) is 0 Å². The van der Waals surface area contributed by atoms with Crippen LogP contribution in [0.2, 0.25) is 0 Å². The third-order valence-electron chi connectivity index (χ3n) is 1.37. The minimum Gasteiger partial charge on any atom is -0.427 e. The van der Waals surface area contributed by atoms with Gasteiger partial charge in [-0.25, -0.2) is 4.79 Å². The third kappa shape index (κ3) is 7.07. The van der Waals surface area contributed by atoms with Crippen LogP contribution in [0.4, 0.5) is 4.79 Å². The number of carbonyl (C=O) groups excluding carboxylic acids is 2. The van der Waals surface area contributed by atoms with Gasteiger partial charge in [-0.05, 0) is 20.8 Å². The number of esters is 1. The summed E-state index contributed by atoms with van der Waals surface area (Å²) in [5.41, 5.74) is -0.592. The maximum atomic E-state index is 11.2. The smallest absolute Gasteiger partial charge is 0.410 e. The number of nitrogens with one attached hydrogen (secondary N) is 1. The van der Waals surface area contributed by atoms with E-state index in [9.17, 15) is 9.59 Å². The maximum Gasteiger partial charge on any atom is 0.410 e. The normalized spacial score (nSPS) is 10.7. The van der Waals surface area contributed by atoms with Gasteiger partial charge in [-0.3, -0.25) is 4.79 Å². The molecule has 0 saturated carbocycles. The molecule has 0 fully saturated rings. The first-order valence-corrected chi connectivity index (χ1v) is 5.20. The van der Waals surface area contributed by atoms with Crippen molar-refractivity contribution in [2.75, 3.05) is 19.1 Å². The fourth-order valence-corrected chi connectivity index (χ4v) is 0.674. The minimum atomic E-state index is -0.620. The first-order chi connectivity index (χ1) is 6.88. The van der Waals surface area contributed by atoms with Crippen molar-refractivity contribution in [3.05, 3.63) is 0 Å². The Labute approximate surface area is 94.9 Å². The Morgan fingerprint density at radius 1 is 1.27 bits per heavy atom. The van der Waals surface area contributed by atoms with Crippen molar-refractivity contribution in [1.82, 2.24) is 5.32 Å². The molecule has 0 bridgehead atoms. The van der Waals surface area contributed by atoms with Crippen LogP contribution in [0.1, 0.15) is 20.8 Å². The van der Waals surface area contributed by atoms with Crippen LogP contribution in [-0.2, 0) is 14.3 Å². The molecular formula is C9H17NO4S. The second kappa shape index (κ2) is 6.55. The lowest BCUT2D eigenvalue weighted by atomic mass is 9.98. The molecule has 1 amide bonds. The van der Waals surface area contributed by atoms with E-state index in [4.69, 9.17) is 4.74 Å². The quantitative estimate of drug-likeness (QED) is 0.436. The summed E-state index contributed by atoms with van der Waals surface area (Å²) in [6.07, 6.45) is -0.620. The van der Waals surface area contributed by atoms with Crippen LogP contribution in [0.25, 0.3) is 0 Å². The van der Waals surface area contributed by atoms with Crippen molar-refractivity contribution < 1.29 is 19.1 Å². The van der Waals surface area contributed by atoms with E-state index in [1.807, 2.05) is 0 Å². The molecule has 1 N–H and O–H groups in total. The van der Waals surface area contributed by atoms with E-state index >= 15 is 0 Å². The number of amides is 1. The maximum absolute atomic E-state index is 11.2. The average Bonchev–Trinajstić information content (AvgIpc) is 2.13. The summed E-state index contributed by atoms with van der Waals surface area (Å²) in [6, 6.07) is 0. The van der Waals surface area contributed by atoms with E-state index in [1.165, 1.54) is 0 Å². The first-order valence-electron chi connectivity index (χ1n) is 4.56. The molecule has 0 rings (SSSR count). The predicted molar refractivity (Wildman–Crippen MR) is 58.8 cm³/mol. The fraction of sp³-hybridized carbons (Fsp3) is 0.778.